The van der Waals surface area contributed by atoms with Crippen molar-refractivity contribution in [2.24, 2.45) is 11.1 Å². The molecule has 2 fully saturated rings. The molecule has 2 N–H and O–H groups in total. The number of fused-ring (bicyclic) bond motifs is 1. The first-order valence-corrected chi connectivity index (χ1v) is 12.3. The zero-order valence-electron chi connectivity index (χ0n) is 18.6. The van der Waals surface area contributed by atoms with E-state index >= 15 is 0 Å². The van der Waals surface area contributed by atoms with Crippen LogP contribution in [-0.2, 0) is 0 Å². The van der Waals surface area contributed by atoms with Gasteiger partial charge in [0.2, 0.25) is 0 Å². The smallest absolute Gasteiger partial charge is 0.0907 e. The lowest BCUT2D eigenvalue weighted by atomic mass is 9.73. The maximum atomic E-state index is 5.88. The summed E-state index contributed by atoms with van der Waals surface area (Å²) in [6, 6.07) is 9.59. The molecular formula is C25H42N4. The second-order valence-corrected chi connectivity index (χ2v) is 9.78. The van der Waals surface area contributed by atoms with Crippen LogP contribution in [0.25, 0.3) is 0 Å². The Morgan fingerprint density at radius 1 is 0.966 bits per heavy atom. The Morgan fingerprint density at radius 2 is 1.62 bits per heavy atom. The van der Waals surface area contributed by atoms with Crippen LogP contribution in [-0.4, -0.2) is 50.3 Å². The van der Waals surface area contributed by atoms with E-state index in [1.165, 1.54) is 95.2 Å². The first-order valence-electron chi connectivity index (χ1n) is 12.3. The van der Waals surface area contributed by atoms with Gasteiger partial charge in [-0.2, -0.15) is 0 Å². The number of nitrogens with zero attached hydrogens (tertiary/aromatic N) is 3. The molecule has 162 valence electrons. The zero-order valence-corrected chi connectivity index (χ0v) is 18.6. The van der Waals surface area contributed by atoms with Crippen LogP contribution < -0.4 is 15.5 Å². The molecule has 0 amide bonds. The first kappa shape index (κ1) is 21.0. The lowest BCUT2D eigenvalue weighted by Gasteiger charge is -2.43. The van der Waals surface area contributed by atoms with Crippen LogP contribution in [0.4, 0.5) is 11.4 Å². The molecule has 4 heteroatoms. The average Bonchev–Trinajstić information content (AvgIpc) is 3.10. The molecule has 29 heavy (non-hydrogen) atoms. The topological polar surface area (TPSA) is 35.7 Å². The maximum absolute atomic E-state index is 5.88. The number of hydrogen-bond acceptors (Lipinski definition) is 4. The molecule has 4 rings (SSSR count). The van der Waals surface area contributed by atoms with Gasteiger partial charge in [-0.25, -0.2) is 0 Å². The highest BCUT2D eigenvalue weighted by atomic mass is 15.4. The molecule has 1 aromatic carbocycles. The number of para-hydroxylation sites is 2. The molecule has 0 unspecified atom stereocenters. The van der Waals surface area contributed by atoms with E-state index in [4.69, 9.17) is 5.73 Å². The van der Waals surface area contributed by atoms with Gasteiger partial charge in [0.25, 0.3) is 0 Å². The summed E-state index contributed by atoms with van der Waals surface area (Å²) in [5.41, 5.74) is 9.26. The highest BCUT2D eigenvalue weighted by Gasteiger charge is 2.35. The third-order valence-corrected chi connectivity index (χ3v) is 7.98. The normalized spacial score (nSPS) is 23.7. The zero-order chi connectivity index (χ0) is 20.1. The Hall–Kier alpha value is -1.26. The Balaban J connectivity index is 1.36. The predicted molar refractivity (Wildman–Crippen MR) is 125 cm³/mol. The minimum Gasteiger partial charge on any atom is -0.351 e. The number of hydrogen-bond donors (Lipinski definition) is 1. The highest BCUT2D eigenvalue weighted by Crippen LogP contribution is 2.41. The third kappa shape index (κ3) is 4.74. The fourth-order valence-electron chi connectivity index (χ4n) is 6.11. The van der Waals surface area contributed by atoms with Gasteiger partial charge in [-0.05, 0) is 49.7 Å². The molecular weight excluding hydrogens is 356 g/mol. The van der Waals surface area contributed by atoms with Gasteiger partial charge in [-0.1, -0.05) is 51.2 Å². The Kier molecular flexibility index (Phi) is 7.02. The summed E-state index contributed by atoms with van der Waals surface area (Å²) in [5.74, 6) is 0. The van der Waals surface area contributed by atoms with E-state index in [0.29, 0.717) is 11.5 Å². The van der Waals surface area contributed by atoms with Crippen molar-refractivity contribution in [2.75, 3.05) is 49.2 Å². The van der Waals surface area contributed by atoms with Crippen LogP contribution in [0.1, 0.15) is 71.1 Å². The molecule has 3 aliphatic rings. The number of anilines is 2. The summed E-state index contributed by atoms with van der Waals surface area (Å²) < 4.78 is 0. The van der Waals surface area contributed by atoms with E-state index in [9.17, 15) is 0 Å². The largest absolute Gasteiger partial charge is 0.351 e. The number of benzene rings is 1. The lowest BCUT2D eigenvalue weighted by molar-refractivity contribution is 0.0920. The fraction of sp³-hybridized carbons (Fsp3) is 0.760. The third-order valence-electron chi connectivity index (χ3n) is 7.98. The predicted octanol–water partition coefficient (Wildman–Crippen LogP) is 4.83. The van der Waals surface area contributed by atoms with Crippen LogP contribution in [0.15, 0.2) is 24.3 Å². The first-order chi connectivity index (χ1) is 14.2. The van der Waals surface area contributed by atoms with E-state index in [1.54, 1.807) is 0 Å². The molecule has 1 saturated heterocycles. The van der Waals surface area contributed by atoms with Gasteiger partial charge in [-0.3, -0.25) is 0 Å². The summed E-state index contributed by atoms with van der Waals surface area (Å²) in [6.07, 6.45) is 14.1. The summed E-state index contributed by atoms with van der Waals surface area (Å²) in [7, 11) is 0. The fourth-order valence-corrected chi connectivity index (χ4v) is 6.11. The lowest BCUT2D eigenvalue weighted by Crippen LogP contribution is -2.49. The monoisotopic (exact) mass is 398 g/mol. The number of piperidine rings is 1. The second kappa shape index (κ2) is 9.70. The van der Waals surface area contributed by atoms with Gasteiger partial charge in [0.15, 0.2) is 0 Å². The molecule has 1 aromatic rings. The minimum absolute atomic E-state index is 0.589. The number of nitrogens with two attached hydrogens (primary N) is 1. The molecule has 1 saturated carbocycles. The van der Waals surface area contributed by atoms with Gasteiger partial charge < -0.3 is 20.4 Å². The summed E-state index contributed by atoms with van der Waals surface area (Å²) in [5, 5.41) is 0. The van der Waals surface area contributed by atoms with Gasteiger partial charge in [-0.15, -0.1) is 0 Å². The van der Waals surface area contributed by atoms with E-state index in [0.717, 1.165) is 19.8 Å². The van der Waals surface area contributed by atoms with Crippen molar-refractivity contribution in [3.63, 3.8) is 0 Å². The molecule has 0 radical (unpaired) electrons. The van der Waals surface area contributed by atoms with Crippen LogP contribution >= 0.6 is 0 Å². The van der Waals surface area contributed by atoms with Crippen molar-refractivity contribution < 1.29 is 0 Å². The standard InChI is InChI=1S/C25H42N4/c1-2-25(14-8-4-3-5-9-15-25)20-27-17-12-22(13-18-27)29-21-28(19-16-26)23-10-6-7-11-24(23)29/h6-7,10-11,22H,2-5,8-9,12-21,26H2,1H3. The van der Waals surface area contributed by atoms with E-state index < -0.39 is 0 Å². The van der Waals surface area contributed by atoms with Crippen molar-refractivity contribution in [1.29, 1.82) is 0 Å². The van der Waals surface area contributed by atoms with Crippen LogP contribution in [0.5, 0.6) is 0 Å². The Bertz CT molecular complexity index is 629. The molecule has 0 aromatic heterocycles. The van der Waals surface area contributed by atoms with E-state index in [2.05, 4.69) is 45.9 Å². The van der Waals surface area contributed by atoms with E-state index in [-0.39, 0.29) is 0 Å². The quantitative estimate of drug-likeness (QED) is 0.744. The molecule has 0 bridgehead atoms. The summed E-state index contributed by atoms with van der Waals surface area (Å²) >= 11 is 0. The Labute approximate surface area is 178 Å². The van der Waals surface area contributed by atoms with Gasteiger partial charge >= 0.3 is 0 Å². The molecule has 4 nitrogen and oxygen atoms in total. The highest BCUT2D eigenvalue weighted by molar-refractivity contribution is 5.76. The van der Waals surface area contributed by atoms with Crippen molar-refractivity contribution in [3.8, 4) is 0 Å². The summed E-state index contributed by atoms with van der Waals surface area (Å²) in [4.78, 5) is 7.93. The minimum atomic E-state index is 0.589. The summed E-state index contributed by atoms with van der Waals surface area (Å²) in [6.45, 7) is 9.00. The number of rotatable bonds is 6. The van der Waals surface area contributed by atoms with Crippen LogP contribution in [0, 0.1) is 5.41 Å². The van der Waals surface area contributed by atoms with Gasteiger partial charge in [0, 0.05) is 38.8 Å². The number of likely N-dealkylation sites (tertiary alicyclic amines) is 1. The molecule has 0 atom stereocenters. The average molecular weight is 399 g/mol. The van der Waals surface area contributed by atoms with Crippen molar-refractivity contribution in [2.45, 2.75) is 77.2 Å². The maximum Gasteiger partial charge on any atom is 0.0907 e. The molecule has 1 aliphatic carbocycles. The van der Waals surface area contributed by atoms with Crippen molar-refractivity contribution >= 4 is 11.4 Å². The van der Waals surface area contributed by atoms with Crippen molar-refractivity contribution in [3.05, 3.63) is 24.3 Å². The second-order valence-electron chi connectivity index (χ2n) is 9.78. The van der Waals surface area contributed by atoms with E-state index in [1.807, 2.05) is 0 Å². The molecule has 2 aliphatic heterocycles. The van der Waals surface area contributed by atoms with Crippen LogP contribution in [0.3, 0.4) is 0 Å². The Morgan fingerprint density at radius 3 is 2.28 bits per heavy atom. The van der Waals surface area contributed by atoms with Crippen LogP contribution in [0.2, 0.25) is 0 Å². The molecule has 0 spiro atoms. The SMILES string of the molecule is CCC1(CN2CCC(N3CN(CCN)c4ccccc43)CC2)CCCCCCC1. The van der Waals surface area contributed by atoms with Gasteiger partial charge in [0.05, 0.1) is 18.0 Å². The van der Waals surface area contributed by atoms with Gasteiger partial charge in [0.1, 0.15) is 0 Å². The van der Waals surface area contributed by atoms with Crippen molar-refractivity contribution in [1.82, 2.24) is 4.90 Å². The molecule has 2 heterocycles.